The Labute approximate surface area is 101 Å². The van der Waals surface area contributed by atoms with E-state index in [0.29, 0.717) is 0 Å². The van der Waals surface area contributed by atoms with Gasteiger partial charge in [-0.2, -0.15) is 0 Å². The Balaban J connectivity index is 2.99. The first-order chi connectivity index (χ1) is 5.63. The molecule has 0 N–H and O–H groups in total. The molecule has 0 heterocycles. The van der Waals surface area contributed by atoms with E-state index in [1.807, 2.05) is 0 Å². The Kier molecular flexibility index (Phi) is 4.29. The Hall–Kier alpha value is 0.680. The fraction of sp³-hybridized carbons (Fsp3) is 0.400. The minimum atomic E-state index is 1.19. The number of halogens is 2. The predicted molar refractivity (Wildman–Crippen MR) is 71.8 cm³/mol. The lowest BCUT2D eigenvalue weighted by atomic mass is 9.92. The van der Waals surface area contributed by atoms with E-state index >= 15 is 0 Å². The molecule has 0 saturated carbocycles. The molecule has 0 radical (unpaired) electrons. The third kappa shape index (κ3) is 2.58. The molecule has 0 aromatic heterocycles. The molecule has 1 aliphatic rings. The summed E-state index contributed by atoms with van der Waals surface area (Å²) >= 11 is 4.63. The highest BCUT2D eigenvalue weighted by atomic mass is 127. The second-order valence-corrected chi connectivity index (χ2v) is 5.58. The molecule has 0 unspecified atom stereocenters. The lowest BCUT2D eigenvalue weighted by molar-refractivity contribution is 0.692. The number of rotatable bonds is 2. The zero-order valence-corrected chi connectivity index (χ0v) is 11.3. The highest BCUT2D eigenvalue weighted by molar-refractivity contribution is 14.1. The van der Waals surface area contributed by atoms with Gasteiger partial charge >= 0.3 is 0 Å². The van der Waals surface area contributed by atoms with E-state index in [1.165, 1.54) is 44.0 Å². The quantitative estimate of drug-likeness (QED) is 0.601. The molecule has 0 aromatic carbocycles. The SMILES string of the molecule is C=C(I)C1=C(C(=C)I)CCCC1. The molecule has 66 valence electrons. The van der Waals surface area contributed by atoms with E-state index in [-0.39, 0.29) is 0 Å². The second kappa shape index (κ2) is 4.79. The van der Waals surface area contributed by atoms with Crippen molar-refractivity contribution >= 4 is 45.2 Å². The van der Waals surface area contributed by atoms with Gasteiger partial charge in [0, 0.05) is 7.16 Å². The van der Waals surface area contributed by atoms with Gasteiger partial charge in [-0.1, -0.05) is 13.2 Å². The van der Waals surface area contributed by atoms with Crippen molar-refractivity contribution in [1.29, 1.82) is 0 Å². The van der Waals surface area contributed by atoms with E-state index in [4.69, 9.17) is 0 Å². The van der Waals surface area contributed by atoms with Crippen molar-refractivity contribution in [2.24, 2.45) is 0 Å². The summed E-state index contributed by atoms with van der Waals surface area (Å²) in [5.41, 5.74) is 2.89. The molecule has 0 bridgehead atoms. The Bertz CT molecular complexity index is 223. The molecule has 0 amide bonds. The van der Waals surface area contributed by atoms with Gasteiger partial charge in [-0.05, 0) is 82.0 Å². The lowest BCUT2D eigenvalue weighted by Gasteiger charge is -2.19. The molecule has 12 heavy (non-hydrogen) atoms. The number of hydrogen-bond donors (Lipinski definition) is 0. The van der Waals surface area contributed by atoms with Crippen LogP contribution in [0.15, 0.2) is 31.5 Å². The first kappa shape index (κ1) is 10.8. The summed E-state index contributed by atoms with van der Waals surface area (Å²) in [5, 5.41) is 0. The molecule has 0 saturated heterocycles. The summed E-state index contributed by atoms with van der Waals surface area (Å²) in [6.07, 6.45) is 5.01. The minimum absolute atomic E-state index is 1.19. The molecule has 0 aliphatic heterocycles. The first-order valence-electron chi connectivity index (χ1n) is 4.04. The maximum atomic E-state index is 4.00. The van der Waals surface area contributed by atoms with Crippen molar-refractivity contribution in [3.05, 3.63) is 31.5 Å². The van der Waals surface area contributed by atoms with Crippen molar-refractivity contribution in [1.82, 2.24) is 0 Å². The molecule has 0 spiro atoms. The molecule has 2 heteroatoms. The average molecular weight is 386 g/mol. The van der Waals surface area contributed by atoms with Gasteiger partial charge in [0.1, 0.15) is 0 Å². The van der Waals surface area contributed by atoms with Crippen LogP contribution in [0.3, 0.4) is 0 Å². The van der Waals surface area contributed by atoms with Crippen LogP contribution in [-0.4, -0.2) is 0 Å². The van der Waals surface area contributed by atoms with Gasteiger partial charge in [0.2, 0.25) is 0 Å². The van der Waals surface area contributed by atoms with E-state index in [0.717, 1.165) is 0 Å². The van der Waals surface area contributed by atoms with Crippen LogP contribution in [0.25, 0.3) is 0 Å². The molecule has 1 aliphatic carbocycles. The van der Waals surface area contributed by atoms with Crippen LogP contribution in [0.1, 0.15) is 25.7 Å². The van der Waals surface area contributed by atoms with E-state index in [2.05, 4.69) is 58.3 Å². The van der Waals surface area contributed by atoms with Gasteiger partial charge in [0.25, 0.3) is 0 Å². The number of hydrogen-bond acceptors (Lipinski definition) is 0. The minimum Gasteiger partial charge on any atom is -0.0853 e. The van der Waals surface area contributed by atoms with Crippen molar-refractivity contribution in [2.75, 3.05) is 0 Å². The third-order valence-electron chi connectivity index (χ3n) is 2.12. The summed E-state index contributed by atoms with van der Waals surface area (Å²) < 4.78 is 2.39. The highest BCUT2D eigenvalue weighted by Gasteiger charge is 2.14. The van der Waals surface area contributed by atoms with Crippen LogP contribution in [0, 0.1) is 0 Å². The molecule has 1 rings (SSSR count). The van der Waals surface area contributed by atoms with Crippen LogP contribution in [-0.2, 0) is 0 Å². The molecule has 0 atom stereocenters. The predicted octanol–water partition coefficient (Wildman–Crippen LogP) is 4.75. The van der Waals surface area contributed by atoms with Gasteiger partial charge in [-0.15, -0.1) is 0 Å². The molecular weight excluding hydrogens is 374 g/mol. The smallest absolute Gasteiger partial charge is 0.00931 e. The largest absolute Gasteiger partial charge is 0.0853 e. The average Bonchev–Trinajstić information content (AvgIpc) is 2.04. The molecule has 0 nitrogen and oxygen atoms in total. The Morgan fingerprint density at radius 3 is 1.50 bits per heavy atom. The van der Waals surface area contributed by atoms with E-state index in [1.54, 1.807) is 0 Å². The maximum Gasteiger partial charge on any atom is 0.00931 e. The van der Waals surface area contributed by atoms with Gasteiger partial charge < -0.3 is 0 Å². The Morgan fingerprint density at radius 1 is 0.917 bits per heavy atom. The third-order valence-corrected chi connectivity index (χ3v) is 3.42. The summed E-state index contributed by atoms with van der Waals surface area (Å²) in [7, 11) is 0. The summed E-state index contributed by atoms with van der Waals surface area (Å²) in [5.74, 6) is 0. The number of allylic oxidation sites excluding steroid dienone is 4. The zero-order valence-electron chi connectivity index (χ0n) is 7.00. The lowest BCUT2D eigenvalue weighted by Crippen LogP contribution is -1.99. The topological polar surface area (TPSA) is 0 Å². The van der Waals surface area contributed by atoms with Crippen LogP contribution in [0.2, 0.25) is 0 Å². The van der Waals surface area contributed by atoms with Crippen LogP contribution < -0.4 is 0 Å². The fourth-order valence-corrected chi connectivity index (χ4v) is 2.69. The van der Waals surface area contributed by atoms with Crippen molar-refractivity contribution in [3.8, 4) is 0 Å². The summed E-state index contributed by atoms with van der Waals surface area (Å²) in [6.45, 7) is 7.99. The van der Waals surface area contributed by atoms with E-state index < -0.39 is 0 Å². The summed E-state index contributed by atoms with van der Waals surface area (Å²) in [4.78, 5) is 0. The van der Waals surface area contributed by atoms with Crippen molar-refractivity contribution in [3.63, 3.8) is 0 Å². The molecule has 0 aromatic rings. The molecule has 0 fully saturated rings. The van der Waals surface area contributed by atoms with Crippen molar-refractivity contribution < 1.29 is 0 Å². The standard InChI is InChI=1S/C10H12I2/c1-7(11)9-5-3-4-6-10(9)8(2)12/h1-6H2. The monoisotopic (exact) mass is 386 g/mol. The van der Waals surface area contributed by atoms with Crippen molar-refractivity contribution in [2.45, 2.75) is 25.7 Å². The van der Waals surface area contributed by atoms with Crippen LogP contribution in [0.5, 0.6) is 0 Å². The zero-order chi connectivity index (χ0) is 9.14. The fourth-order valence-electron chi connectivity index (χ4n) is 1.50. The normalized spacial score (nSPS) is 17.8. The van der Waals surface area contributed by atoms with E-state index in [9.17, 15) is 0 Å². The second-order valence-electron chi connectivity index (χ2n) is 2.97. The van der Waals surface area contributed by atoms with Crippen LogP contribution >= 0.6 is 45.2 Å². The van der Waals surface area contributed by atoms with Gasteiger partial charge in [-0.3, -0.25) is 0 Å². The van der Waals surface area contributed by atoms with Gasteiger partial charge in [-0.25, -0.2) is 0 Å². The highest BCUT2D eigenvalue weighted by Crippen LogP contribution is 2.36. The first-order valence-corrected chi connectivity index (χ1v) is 6.20. The Morgan fingerprint density at radius 2 is 1.25 bits per heavy atom. The van der Waals surface area contributed by atoms with Gasteiger partial charge in [0.05, 0.1) is 0 Å². The summed E-state index contributed by atoms with van der Waals surface area (Å²) in [6, 6.07) is 0. The maximum absolute atomic E-state index is 4.00. The molecular formula is C10H12I2. The van der Waals surface area contributed by atoms with Gasteiger partial charge in [0.15, 0.2) is 0 Å². The van der Waals surface area contributed by atoms with Crippen LogP contribution in [0.4, 0.5) is 0 Å².